The molecule has 2 aliphatic carbocycles. The van der Waals surface area contributed by atoms with Crippen LogP contribution in [-0.4, -0.2) is 0 Å². The van der Waals surface area contributed by atoms with E-state index in [9.17, 15) is 0 Å². The van der Waals surface area contributed by atoms with E-state index in [0.29, 0.717) is 0 Å². The van der Waals surface area contributed by atoms with Crippen LogP contribution in [0.25, 0.3) is 43.5 Å². The maximum atomic E-state index is 3.82. The molecule has 1 atom stereocenters. The topological polar surface area (TPSA) is 0 Å². The van der Waals surface area contributed by atoms with Crippen LogP contribution in [0.3, 0.4) is 0 Å². The Morgan fingerprint density at radius 2 is 1.39 bits per heavy atom. The normalized spacial score (nSPS) is 17.2. The van der Waals surface area contributed by atoms with Crippen molar-refractivity contribution in [2.75, 3.05) is 0 Å². The molecule has 0 saturated carbocycles. The van der Waals surface area contributed by atoms with Crippen molar-refractivity contribution in [3.63, 3.8) is 0 Å². The lowest BCUT2D eigenvalue weighted by Gasteiger charge is -2.35. The molecule has 6 aromatic rings. The molecule has 2 heteroatoms. The summed E-state index contributed by atoms with van der Waals surface area (Å²) in [5, 5.41) is 2.74. The first-order valence-corrected chi connectivity index (χ1v) is 13.9. The first-order valence-electron chi connectivity index (χ1n) is 12.3. The third-order valence-corrected chi connectivity index (χ3v) is 9.65. The number of thiophene rings is 1. The Labute approximate surface area is 222 Å². The van der Waals surface area contributed by atoms with Crippen LogP contribution in [0.4, 0.5) is 0 Å². The molecule has 1 aromatic heterocycles. The molecule has 5 aromatic carbocycles. The summed E-state index contributed by atoms with van der Waals surface area (Å²) in [7, 11) is 0. The van der Waals surface area contributed by atoms with Gasteiger partial charge in [0.2, 0.25) is 0 Å². The van der Waals surface area contributed by atoms with E-state index >= 15 is 0 Å². The molecule has 0 saturated heterocycles. The Morgan fingerprint density at radius 1 is 0.639 bits per heavy atom. The summed E-state index contributed by atoms with van der Waals surface area (Å²) in [6.45, 7) is 2.21. The van der Waals surface area contributed by atoms with E-state index in [1.807, 2.05) is 11.3 Å². The van der Waals surface area contributed by atoms with Gasteiger partial charge in [0.1, 0.15) is 0 Å². The molecule has 1 heterocycles. The summed E-state index contributed by atoms with van der Waals surface area (Å²) in [4.78, 5) is 0. The molecule has 0 nitrogen and oxygen atoms in total. The van der Waals surface area contributed by atoms with Crippen LogP contribution in [0.15, 0.2) is 102 Å². The van der Waals surface area contributed by atoms with Crippen molar-refractivity contribution in [1.29, 1.82) is 0 Å². The monoisotopic (exact) mass is 540 g/mol. The maximum absolute atomic E-state index is 3.82. The minimum atomic E-state index is -0.396. The Balaban J connectivity index is 1.65. The molecule has 0 aliphatic heterocycles. The fraction of sp³-hybridized carbons (Fsp3) is 0.0588. The predicted molar refractivity (Wildman–Crippen MR) is 158 cm³/mol. The van der Waals surface area contributed by atoms with Crippen LogP contribution in [0.1, 0.15) is 38.9 Å². The van der Waals surface area contributed by atoms with Gasteiger partial charge in [-0.1, -0.05) is 106 Å². The van der Waals surface area contributed by atoms with Crippen LogP contribution in [0.2, 0.25) is 0 Å². The standard InChI is InChI=1S/C34H21BrS/c1-20-10-11-21-12-13-22-14-15-23(35)19-29(22)34(28(21)18-20)26-8-4-2-6-24(26)32-27(34)16-17-31-33(32)25-7-3-5-9-30(25)36-31/h2-19H,1H3. The van der Waals surface area contributed by atoms with Crippen molar-refractivity contribution in [2.24, 2.45) is 0 Å². The Kier molecular flexibility index (Phi) is 4.19. The van der Waals surface area contributed by atoms with E-state index in [-0.39, 0.29) is 0 Å². The smallest absolute Gasteiger partial charge is 0.0725 e. The van der Waals surface area contributed by atoms with Gasteiger partial charge in [-0.2, -0.15) is 0 Å². The first-order chi connectivity index (χ1) is 17.7. The zero-order chi connectivity index (χ0) is 24.0. The zero-order valence-electron chi connectivity index (χ0n) is 19.7. The highest BCUT2D eigenvalue weighted by Crippen LogP contribution is 2.61. The van der Waals surface area contributed by atoms with E-state index in [2.05, 4.69) is 132 Å². The molecule has 1 unspecified atom stereocenters. The molecule has 36 heavy (non-hydrogen) atoms. The largest absolute Gasteiger partial charge is 0.135 e. The number of benzene rings is 5. The van der Waals surface area contributed by atoms with Crippen molar-refractivity contribution in [3.8, 4) is 11.1 Å². The highest BCUT2D eigenvalue weighted by Gasteiger charge is 2.49. The summed E-state index contributed by atoms with van der Waals surface area (Å²) < 4.78 is 3.81. The number of fused-ring (bicyclic) bond motifs is 13. The molecule has 1 spiro atoms. The van der Waals surface area contributed by atoms with Crippen molar-refractivity contribution >= 4 is 59.6 Å². The summed E-state index contributed by atoms with van der Waals surface area (Å²) in [5.41, 5.74) is 11.6. The zero-order valence-corrected chi connectivity index (χ0v) is 22.1. The molecular weight excluding hydrogens is 520 g/mol. The van der Waals surface area contributed by atoms with Crippen LogP contribution in [0, 0.1) is 6.92 Å². The summed E-state index contributed by atoms with van der Waals surface area (Å²) in [5.74, 6) is 0. The highest BCUT2D eigenvalue weighted by atomic mass is 79.9. The van der Waals surface area contributed by atoms with Gasteiger partial charge in [0.05, 0.1) is 5.41 Å². The number of hydrogen-bond acceptors (Lipinski definition) is 1. The van der Waals surface area contributed by atoms with Gasteiger partial charge in [-0.3, -0.25) is 0 Å². The molecule has 0 N–H and O–H groups in total. The van der Waals surface area contributed by atoms with E-state index in [4.69, 9.17) is 0 Å². The van der Waals surface area contributed by atoms with Gasteiger partial charge in [-0.05, 0) is 75.7 Å². The third kappa shape index (κ3) is 2.53. The maximum Gasteiger partial charge on any atom is 0.0725 e. The quantitative estimate of drug-likeness (QED) is 0.179. The fourth-order valence-corrected chi connectivity index (χ4v) is 8.10. The van der Waals surface area contributed by atoms with E-state index in [0.717, 1.165) is 4.47 Å². The van der Waals surface area contributed by atoms with Gasteiger partial charge in [0.15, 0.2) is 0 Å². The van der Waals surface area contributed by atoms with Crippen LogP contribution >= 0.6 is 27.3 Å². The number of aryl methyl sites for hydroxylation is 1. The minimum absolute atomic E-state index is 0.396. The lowest BCUT2D eigenvalue weighted by Crippen LogP contribution is -2.30. The molecule has 0 amide bonds. The average Bonchev–Trinajstić information content (AvgIpc) is 3.37. The van der Waals surface area contributed by atoms with Crippen molar-refractivity contribution in [1.82, 2.24) is 0 Å². The molecule has 2 aliphatic rings. The second kappa shape index (κ2) is 7.29. The SMILES string of the molecule is Cc1ccc2c(c1)C1(c3cc(Br)ccc3C=C2)c2ccccc2-c2c1ccc1sc3ccccc3c21. The minimum Gasteiger partial charge on any atom is -0.135 e. The summed E-state index contributed by atoms with van der Waals surface area (Å²) >= 11 is 5.72. The van der Waals surface area contributed by atoms with Gasteiger partial charge >= 0.3 is 0 Å². The van der Waals surface area contributed by atoms with Gasteiger partial charge in [0, 0.05) is 24.6 Å². The lowest BCUT2D eigenvalue weighted by molar-refractivity contribution is 0.765. The third-order valence-electron chi connectivity index (χ3n) is 8.02. The van der Waals surface area contributed by atoms with Gasteiger partial charge in [-0.25, -0.2) is 0 Å². The predicted octanol–water partition coefficient (Wildman–Crippen LogP) is 9.97. The Hall–Kier alpha value is -3.46. The van der Waals surface area contributed by atoms with Crippen LogP contribution in [0.5, 0.6) is 0 Å². The average molecular weight is 542 g/mol. The number of hydrogen-bond donors (Lipinski definition) is 0. The van der Waals surface area contributed by atoms with E-state index in [1.165, 1.54) is 70.2 Å². The second-order valence-electron chi connectivity index (χ2n) is 9.91. The lowest BCUT2D eigenvalue weighted by atomic mass is 9.66. The van der Waals surface area contributed by atoms with Crippen molar-refractivity contribution in [2.45, 2.75) is 12.3 Å². The number of rotatable bonds is 0. The second-order valence-corrected chi connectivity index (χ2v) is 11.9. The molecular formula is C34H21BrS. The Morgan fingerprint density at radius 3 is 2.28 bits per heavy atom. The van der Waals surface area contributed by atoms with Gasteiger partial charge in [-0.15, -0.1) is 11.3 Å². The van der Waals surface area contributed by atoms with Crippen LogP contribution in [-0.2, 0) is 5.41 Å². The molecule has 170 valence electrons. The molecule has 8 rings (SSSR count). The van der Waals surface area contributed by atoms with Gasteiger partial charge < -0.3 is 0 Å². The molecule has 0 bridgehead atoms. The molecule has 0 fully saturated rings. The van der Waals surface area contributed by atoms with Crippen LogP contribution < -0.4 is 0 Å². The molecule has 0 radical (unpaired) electrons. The van der Waals surface area contributed by atoms with Crippen molar-refractivity contribution < 1.29 is 0 Å². The summed E-state index contributed by atoms with van der Waals surface area (Å²) in [6.07, 6.45) is 4.60. The highest BCUT2D eigenvalue weighted by molar-refractivity contribution is 9.10. The van der Waals surface area contributed by atoms with Crippen molar-refractivity contribution in [3.05, 3.63) is 140 Å². The van der Waals surface area contributed by atoms with Gasteiger partial charge in [0.25, 0.3) is 0 Å². The van der Waals surface area contributed by atoms with E-state index in [1.54, 1.807) is 0 Å². The number of halogens is 1. The fourth-order valence-electron chi connectivity index (χ4n) is 6.63. The Bertz CT molecular complexity index is 1860. The van der Waals surface area contributed by atoms with E-state index < -0.39 is 5.41 Å². The first kappa shape index (κ1) is 20.7. The summed E-state index contributed by atoms with van der Waals surface area (Å²) in [6, 6.07) is 36.4.